The van der Waals surface area contributed by atoms with Gasteiger partial charge < -0.3 is 4.98 Å². The number of hydrogen-bond acceptors (Lipinski definition) is 4. The molecule has 1 aliphatic rings. The molecule has 24 heavy (non-hydrogen) atoms. The molecule has 6 heteroatoms. The summed E-state index contributed by atoms with van der Waals surface area (Å²) in [7, 11) is 0. The first kappa shape index (κ1) is 15.6. The number of rotatable bonds is 3. The molecule has 3 aromatic heterocycles. The molecule has 4 rings (SSSR count). The zero-order chi connectivity index (χ0) is 16.7. The van der Waals surface area contributed by atoms with Crippen molar-refractivity contribution >= 4 is 16.9 Å². The summed E-state index contributed by atoms with van der Waals surface area (Å²) in [5.74, 6) is 2.79. The first-order valence-electron chi connectivity index (χ1n) is 8.73. The van der Waals surface area contributed by atoms with Crippen LogP contribution in [0, 0.1) is 5.92 Å². The van der Waals surface area contributed by atoms with Gasteiger partial charge in [-0.2, -0.15) is 0 Å². The number of aromatic amines is 1. The van der Waals surface area contributed by atoms with Gasteiger partial charge in [0.25, 0.3) is 5.56 Å². The molecule has 0 aromatic carbocycles. The molecule has 126 valence electrons. The Morgan fingerprint density at radius 2 is 2.12 bits per heavy atom. The van der Waals surface area contributed by atoms with Gasteiger partial charge >= 0.3 is 0 Å². The van der Waals surface area contributed by atoms with Crippen molar-refractivity contribution in [2.75, 3.05) is 0 Å². The van der Waals surface area contributed by atoms with E-state index < -0.39 is 0 Å². The standard InChI is InChI=1S/C18H22N4OS/c1-3-13-15-18(23)20-16(14-5-4-10-24-14)21-22(15)17(19-13)12-8-6-11(2)7-9-12/h4-5,10-12H,3,6-9H2,1-2H3,(H,20,21,23). The number of fused-ring (bicyclic) bond motifs is 1. The highest BCUT2D eigenvalue weighted by Gasteiger charge is 2.26. The van der Waals surface area contributed by atoms with Gasteiger partial charge in [0.1, 0.15) is 5.82 Å². The minimum atomic E-state index is -0.0897. The average Bonchev–Trinajstić information content (AvgIpc) is 3.23. The molecule has 0 unspecified atom stereocenters. The smallest absolute Gasteiger partial charge is 0.277 e. The van der Waals surface area contributed by atoms with Crippen molar-refractivity contribution in [2.45, 2.75) is 51.9 Å². The lowest BCUT2D eigenvalue weighted by atomic mass is 9.83. The largest absolute Gasteiger partial charge is 0.303 e. The fourth-order valence-corrected chi connectivity index (χ4v) is 4.31. The lowest BCUT2D eigenvalue weighted by Gasteiger charge is -2.24. The van der Waals surface area contributed by atoms with Crippen LogP contribution in [0.2, 0.25) is 0 Å². The summed E-state index contributed by atoms with van der Waals surface area (Å²) in [5.41, 5.74) is 1.38. The molecule has 0 atom stereocenters. The molecule has 1 fully saturated rings. The molecule has 0 spiro atoms. The second-order valence-electron chi connectivity index (χ2n) is 6.77. The minimum Gasteiger partial charge on any atom is -0.303 e. The SMILES string of the molecule is CCc1nc(C2CCC(C)CC2)n2nc(-c3cccs3)[nH]c(=O)c12. The maximum absolute atomic E-state index is 12.7. The Hall–Kier alpha value is -1.95. The predicted octanol–water partition coefficient (Wildman–Crippen LogP) is 4.00. The van der Waals surface area contributed by atoms with Gasteiger partial charge in [-0.05, 0) is 36.6 Å². The number of aryl methyl sites for hydroxylation is 1. The number of H-pyrrole nitrogens is 1. The van der Waals surface area contributed by atoms with E-state index in [1.807, 2.05) is 29.0 Å². The minimum absolute atomic E-state index is 0.0897. The molecule has 3 aromatic rings. The Kier molecular flexibility index (Phi) is 4.00. The Morgan fingerprint density at radius 1 is 1.33 bits per heavy atom. The molecule has 0 radical (unpaired) electrons. The predicted molar refractivity (Wildman–Crippen MR) is 96.7 cm³/mol. The van der Waals surface area contributed by atoms with Crippen molar-refractivity contribution in [3.05, 3.63) is 39.4 Å². The monoisotopic (exact) mass is 342 g/mol. The van der Waals surface area contributed by atoms with Crippen LogP contribution in [0.5, 0.6) is 0 Å². The lowest BCUT2D eigenvalue weighted by Crippen LogP contribution is -2.18. The second-order valence-corrected chi connectivity index (χ2v) is 7.72. The maximum atomic E-state index is 12.7. The first-order chi connectivity index (χ1) is 11.7. The molecule has 1 aliphatic carbocycles. The van der Waals surface area contributed by atoms with Crippen molar-refractivity contribution in [2.24, 2.45) is 5.92 Å². The first-order valence-corrected chi connectivity index (χ1v) is 9.61. The quantitative estimate of drug-likeness (QED) is 0.782. The van der Waals surface area contributed by atoms with Crippen LogP contribution in [0.25, 0.3) is 16.2 Å². The van der Waals surface area contributed by atoms with E-state index in [-0.39, 0.29) is 5.56 Å². The molecule has 1 N–H and O–H groups in total. The fraction of sp³-hybridized carbons (Fsp3) is 0.500. The van der Waals surface area contributed by atoms with Crippen LogP contribution >= 0.6 is 11.3 Å². The van der Waals surface area contributed by atoms with E-state index in [2.05, 4.69) is 11.9 Å². The number of nitrogens with zero attached hydrogens (tertiary/aromatic N) is 3. The van der Waals surface area contributed by atoms with Gasteiger partial charge in [-0.3, -0.25) is 4.79 Å². The van der Waals surface area contributed by atoms with Gasteiger partial charge in [-0.25, -0.2) is 9.50 Å². The summed E-state index contributed by atoms with van der Waals surface area (Å²) < 4.78 is 1.83. The number of thiophene rings is 1. The van der Waals surface area contributed by atoms with Gasteiger partial charge in [0.2, 0.25) is 0 Å². The van der Waals surface area contributed by atoms with Crippen LogP contribution in [0.3, 0.4) is 0 Å². The number of imidazole rings is 1. The fourth-order valence-electron chi connectivity index (χ4n) is 3.65. The zero-order valence-electron chi connectivity index (χ0n) is 14.1. The number of hydrogen-bond donors (Lipinski definition) is 1. The van der Waals surface area contributed by atoms with Crippen molar-refractivity contribution < 1.29 is 0 Å². The highest BCUT2D eigenvalue weighted by atomic mass is 32.1. The van der Waals surface area contributed by atoms with E-state index in [1.165, 1.54) is 12.8 Å². The Balaban J connectivity index is 1.88. The summed E-state index contributed by atoms with van der Waals surface area (Å²) in [4.78, 5) is 21.4. The normalized spacial score (nSPS) is 21.4. The molecule has 0 bridgehead atoms. The van der Waals surface area contributed by atoms with Crippen molar-refractivity contribution in [3.8, 4) is 10.7 Å². The van der Waals surface area contributed by atoms with E-state index in [9.17, 15) is 4.79 Å². The van der Waals surface area contributed by atoms with Crippen LogP contribution in [0.1, 0.15) is 57.0 Å². The van der Waals surface area contributed by atoms with Crippen molar-refractivity contribution in [1.29, 1.82) is 0 Å². The highest BCUT2D eigenvalue weighted by molar-refractivity contribution is 7.13. The average molecular weight is 342 g/mol. The van der Waals surface area contributed by atoms with E-state index in [0.29, 0.717) is 17.3 Å². The Bertz CT molecular complexity index is 901. The summed E-state index contributed by atoms with van der Waals surface area (Å²) >= 11 is 1.58. The van der Waals surface area contributed by atoms with Crippen LogP contribution in [0.4, 0.5) is 0 Å². The summed E-state index contributed by atoms with van der Waals surface area (Å²) in [6.07, 6.45) is 5.46. The van der Waals surface area contributed by atoms with Crippen LogP contribution in [-0.4, -0.2) is 19.6 Å². The molecule has 1 saturated carbocycles. The maximum Gasteiger partial charge on any atom is 0.277 e. The third kappa shape index (κ3) is 2.59. The third-order valence-corrected chi connectivity index (χ3v) is 5.95. The third-order valence-electron chi connectivity index (χ3n) is 5.07. The van der Waals surface area contributed by atoms with E-state index in [4.69, 9.17) is 10.1 Å². The van der Waals surface area contributed by atoms with Gasteiger partial charge in [0, 0.05) is 5.92 Å². The van der Waals surface area contributed by atoms with Gasteiger partial charge in [0.15, 0.2) is 11.3 Å². The summed E-state index contributed by atoms with van der Waals surface area (Å²) in [6.45, 7) is 4.36. The van der Waals surface area contributed by atoms with Gasteiger partial charge in [-0.1, -0.05) is 32.8 Å². The summed E-state index contributed by atoms with van der Waals surface area (Å²) in [6, 6.07) is 3.95. The van der Waals surface area contributed by atoms with Crippen molar-refractivity contribution in [3.63, 3.8) is 0 Å². The van der Waals surface area contributed by atoms with E-state index >= 15 is 0 Å². The molecular weight excluding hydrogens is 320 g/mol. The van der Waals surface area contributed by atoms with Crippen molar-refractivity contribution in [1.82, 2.24) is 19.6 Å². The molecule has 5 nitrogen and oxygen atoms in total. The second kappa shape index (κ2) is 6.16. The highest BCUT2D eigenvalue weighted by Crippen LogP contribution is 2.35. The van der Waals surface area contributed by atoms with Crippen LogP contribution in [-0.2, 0) is 6.42 Å². The van der Waals surface area contributed by atoms with Gasteiger partial charge in [0.05, 0.1) is 10.6 Å². The van der Waals surface area contributed by atoms with Crippen LogP contribution < -0.4 is 5.56 Å². The molecule has 3 heterocycles. The Morgan fingerprint density at radius 3 is 2.79 bits per heavy atom. The molecule has 0 saturated heterocycles. The lowest BCUT2D eigenvalue weighted by molar-refractivity contribution is 0.337. The van der Waals surface area contributed by atoms with E-state index in [0.717, 1.165) is 41.6 Å². The molecule has 0 aliphatic heterocycles. The molecule has 0 amide bonds. The van der Waals surface area contributed by atoms with Crippen LogP contribution in [0.15, 0.2) is 22.3 Å². The van der Waals surface area contributed by atoms with Gasteiger partial charge in [-0.15, -0.1) is 16.4 Å². The van der Waals surface area contributed by atoms with E-state index in [1.54, 1.807) is 11.3 Å². The zero-order valence-corrected chi connectivity index (χ0v) is 14.9. The topological polar surface area (TPSA) is 63.1 Å². The molecular formula is C18H22N4OS. The Labute approximate surface area is 144 Å². The number of aromatic nitrogens is 4. The number of nitrogens with one attached hydrogen (secondary N) is 1. The summed E-state index contributed by atoms with van der Waals surface area (Å²) in [5, 5.41) is 6.74.